The highest BCUT2D eigenvalue weighted by Crippen LogP contribution is 2.36. The van der Waals surface area contributed by atoms with Crippen LogP contribution < -0.4 is 9.47 Å². The highest BCUT2D eigenvalue weighted by Gasteiger charge is 2.26. The minimum Gasteiger partial charge on any atom is -0.497 e. The van der Waals surface area contributed by atoms with Gasteiger partial charge in [-0.25, -0.2) is 0 Å². The molecule has 2 aromatic rings. The summed E-state index contributed by atoms with van der Waals surface area (Å²) in [5, 5.41) is 4.38. The van der Waals surface area contributed by atoms with Gasteiger partial charge in [-0.1, -0.05) is 0 Å². The number of rotatable bonds is 5. The number of thiophene rings is 1. The highest BCUT2D eigenvalue weighted by molar-refractivity contribution is 7.07. The Morgan fingerprint density at radius 3 is 2.86 bits per heavy atom. The lowest BCUT2D eigenvalue weighted by atomic mass is 9.97. The van der Waals surface area contributed by atoms with Crippen molar-refractivity contribution in [1.29, 1.82) is 0 Å². The minimum atomic E-state index is 0.522. The van der Waals surface area contributed by atoms with E-state index in [1.165, 1.54) is 17.5 Å². The average Bonchev–Trinajstić information content (AvgIpc) is 3.19. The molecule has 1 aliphatic rings. The molecule has 1 aliphatic heterocycles. The maximum Gasteiger partial charge on any atom is 0.122 e. The van der Waals surface area contributed by atoms with E-state index < -0.39 is 0 Å². The molecule has 21 heavy (non-hydrogen) atoms. The van der Waals surface area contributed by atoms with Gasteiger partial charge in [0.25, 0.3) is 0 Å². The molecule has 0 amide bonds. The quantitative estimate of drug-likeness (QED) is 0.839. The molecule has 0 saturated carbocycles. The van der Waals surface area contributed by atoms with Gasteiger partial charge in [-0.05, 0) is 53.6 Å². The number of methoxy groups -OCH3 is 2. The molecule has 1 aromatic heterocycles. The topological polar surface area (TPSA) is 21.7 Å². The van der Waals surface area contributed by atoms with Crippen molar-refractivity contribution in [3.8, 4) is 11.5 Å². The second kappa shape index (κ2) is 6.50. The first kappa shape index (κ1) is 14.4. The summed E-state index contributed by atoms with van der Waals surface area (Å²) in [6, 6.07) is 8.30. The number of likely N-dealkylation sites (tertiary alicyclic amines) is 1. The van der Waals surface area contributed by atoms with Crippen molar-refractivity contribution in [2.75, 3.05) is 27.3 Å². The normalized spacial score (nSPS) is 18.9. The van der Waals surface area contributed by atoms with Gasteiger partial charge >= 0.3 is 0 Å². The maximum atomic E-state index is 5.53. The van der Waals surface area contributed by atoms with Crippen LogP contribution in [0.1, 0.15) is 23.5 Å². The number of ether oxygens (including phenoxy) is 2. The van der Waals surface area contributed by atoms with Crippen molar-refractivity contribution in [3.63, 3.8) is 0 Å². The van der Waals surface area contributed by atoms with Gasteiger partial charge < -0.3 is 9.47 Å². The Morgan fingerprint density at radius 2 is 2.14 bits per heavy atom. The first-order valence-electron chi connectivity index (χ1n) is 7.25. The smallest absolute Gasteiger partial charge is 0.122 e. The van der Waals surface area contributed by atoms with Crippen molar-refractivity contribution >= 4 is 11.3 Å². The van der Waals surface area contributed by atoms with E-state index in [4.69, 9.17) is 9.47 Å². The van der Waals surface area contributed by atoms with Crippen molar-refractivity contribution in [2.45, 2.75) is 18.9 Å². The molecule has 2 heterocycles. The Balaban J connectivity index is 1.73. The van der Waals surface area contributed by atoms with Crippen LogP contribution in [-0.4, -0.2) is 32.2 Å². The van der Waals surface area contributed by atoms with Gasteiger partial charge in [-0.2, -0.15) is 11.3 Å². The van der Waals surface area contributed by atoms with Gasteiger partial charge in [0.2, 0.25) is 0 Å². The van der Waals surface area contributed by atoms with E-state index in [0.717, 1.165) is 31.1 Å². The molecule has 112 valence electrons. The number of hydrogen-bond donors (Lipinski definition) is 0. The monoisotopic (exact) mass is 303 g/mol. The summed E-state index contributed by atoms with van der Waals surface area (Å²) in [7, 11) is 3.45. The minimum absolute atomic E-state index is 0.522. The third-order valence-electron chi connectivity index (χ3n) is 4.14. The van der Waals surface area contributed by atoms with E-state index in [2.05, 4.69) is 27.8 Å². The first-order valence-corrected chi connectivity index (χ1v) is 8.20. The molecule has 1 fully saturated rings. The lowest BCUT2D eigenvalue weighted by molar-refractivity contribution is 0.325. The molecule has 3 rings (SSSR count). The van der Waals surface area contributed by atoms with Crippen LogP contribution in [0.3, 0.4) is 0 Å². The van der Waals surface area contributed by atoms with Gasteiger partial charge in [0.1, 0.15) is 11.5 Å². The Kier molecular flexibility index (Phi) is 4.46. The third kappa shape index (κ3) is 3.22. The molecule has 1 atom stereocenters. The van der Waals surface area contributed by atoms with Gasteiger partial charge in [0.05, 0.1) is 14.2 Å². The zero-order valence-electron chi connectivity index (χ0n) is 12.5. The predicted molar refractivity (Wildman–Crippen MR) is 86.5 cm³/mol. The zero-order valence-corrected chi connectivity index (χ0v) is 13.4. The summed E-state index contributed by atoms with van der Waals surface area (Å²) < 4.78 is 10.9. The Bertz CT molecular complexity index is 582. The number of benzene rings is 1. The van der Waals surface area contributed by atoms with E-state index in [0.29, 0.717) is 5.92 Å². The second-order valence-electron chi connectivity index (χ2n) is 5.46. The average molecular weight is 303 g/mol. The van der Waals surface area contributed by atoms with Crippen LogP contribution in [0.5, 0.6) is 11.5 Å². The Morgan fingerprint density at radius 1 is 1.24 bits per heavy atom. The molecule has 0 aliphatic carbocycles. The standard InChI is InChI=1S/C17H21NO2S/c1-19-15-3-4-17(20-2)16(9-15)14-5-7-18(11-14)10-13-6-8-21-12-13/h3-4,6,8-9,12,14H,5,7,10-11H2,1-2H3/t14-/m0/s1. The second-order valence-corrected chi connectivity index (χ2v) is 6.24. The van der Waals surface area contributed by atoms with Crippen molar-refractivity contribution in [2.24, 2.45) is 0 Å². The summed E-state index contributed by atoms with van der Waals surface area (Å²) in [6.45, 7) is 3.27. The van der Waals surface area contributed by atoms with Crippen LogP contribution in [0.2, 0.25) is 0 Å². The van der Waals surface area contributed by atoms with E-state index in [9.17, 15) is 0 Å². The third-order valence-corrected chi connectivity index (χ3v) is 4.87. The maximum absolute atomic E-state index is 5.53. The van der Waals surface area contributed by atoms with Crippen molar-refractivity contribution in [1.82, 2.24) is 4.90 Å². The largest absolute Gasteiger partial charge is 0.497 e. The van der Waals surface area contributed by atoms with E-state index in [-0.39, 0.29) is 0 Å². The van der Waals surface area contributed by atoms with Gasteiger partial charge in [-0.15, -0.1) is 0 Å². The number of nitrogens with zero attached hydrogens (tertiary/aromatic N) is 1. The summed E-state index contributed by atoms with van der Waals surface area (Å²) in [5.41, 5.74) is 2.68. The fourth-order valence-corrected chi connectivity index (χ4v) is 3.69. The van der Waals surface area contributed by atoms with Crippen LogP contribution >= 0.6 is 11.3 Å². The Hall–Kier alpha value is -1.52. The van der Waals surface area contributed by atoms with Crippen molar-refractivity contribution < 1.29 is 9.47 Å². The zero-order chi connectivity index (χ0) is 14.7. The molecule has 1 saturated heterocycles. The van der Waals surface area contributed by atoms with Gasteiger partial charge in [0, 0.05) is 24.6 Å². The van der Waals surface area contributed by atoms with Crippen LogP contribution in [0.4, 0.5) is 0 Å². The molecule has 0 bridgehead atoms. The lowest BCUT2D eigenvalue weighted by Crippen LogP contribution is -2.19. The van der Waals surface area contributed by atoms with Crippen LogP contribution in [0.25, 0.3) is 0 Å². The molecular weight excluding hydrogens is 282 g/mol. The fourth-order valence-electron chi connectivity index (χ4n) is 3.03. The van der Waals surface area contributed by atoms with Crippen LogP contribution in [-0.2, 0) is 6.54 Å². The molecule has 0 unspecified atom stereocenters. The summed E-state index contributed by atoms with van der Waals surface area (Å²) in [5.74, 6) is 2.40. The summed E-state index contributed by atoms with van der Waals surface area (Å²) >= 11 is 1.77. The molecule has 3 nitrogen and oxygen atoms in total. The van der Waals surface area contributed by atoms with E-state index in [1.807, 2.05) is 12.1 Å². The van der Waals surface area contributed by atoms with Gasteiger partial charge in [0.15, 0.2) is 0 Å². The van der Waals surface area contributed by atoms with E-state index >= 15 is 0 Å². The van der Waals surface area contributed by atoms with Crippen LogP contribution in [0, 0.1) is 0 Å². The van der Waals surface area contributed by atoms with Crippen LogP contribution in [0.15, 0.2) is 35.0 Å². The predicted octanol–water partition coefficient (Wildman–Crippen LogP) is 3.75. The highest BCUT2D eigenvalue weighted by atomic mass is 32.1. The lowest BCUT2D eigenvalue weighted by Gasteiger charge is -2.18. The molecular formula is C17H21NO2S. The molecule has 0 spiro atoms. The molecule has 4 heteroatoms. The molecule has 0 radical (unpaired) electrons. The van der Waals surface area contributed by atoms with Gasteiger partial charge in [-0.3, -0.25) is 4.90 Å². The van der Waals surface area contributed by atoms with E-state index in [1.54, 1.807) is 25.6 Å². The molecule has 1 aromatic carbocycles. The fraction of sp³-hybridized carbons (Fsp3) is 0.412. The molecule has 0 N–H and O–H groups in total. The van der Waals surface area contributed by atoms with Crippen molar-refractivity contribution in [3.05, 3.63) is 46.2 Å². The summed E-state index contributed by atoms with van der Waals surface area (Å²) in [4.78, 5) is 2.52. The Labute approximate surface area is 130 Å². The summed E-state index contributed by atoms with van der Waals surface area (Å²) in [6.07, 6.45) is 1.17. The SMILES string of the molecule is COc1ccc(OC)c([C@H]2CCN(Cc3ccsc3)C2)c1. The first-order chi connectivity index (χ1) is 10.3. The number of hydrogen-bond acceptors (Lipinski definition) is 4.